The van der Waals surface area contributed by atoms with Crippen molar-refractivity contribution >= 4 is 5.78 Å². The summed E-state index contributed by atoms with van der Waals surface area (Å²) in [6, 6.07) is 0. The standard InChI is InChI=1S/C30H48O3/c1-18(2)26(33)22(31)17-19(3)20-11-15-29(7)21(20)9-10-24-28(6)14-13-25(32)27(4,5)23(28)12-16-30(24,29)8/h19,22-24,26,31,33H,1,9-17H2,2-8H3. The molecule has 8 unspecified atom stereocenters. The van der Waals surface area contributed by atoms with E-state index in [1.54, 1.807) is 18.1 Å². The maximum Gasteiger partial charge on any atom is 0.138 e. The van der Waals surface area contributed by atoms with E-state index in [2.05, 4.69) is 48.1 Å². The third kappa shape index (κ3) is 3.46. The first kappa shape index (κ1) is 25.2. The predicted molar refractivity (Wildman–Crippen MR) is 135 cm³/mol. The molecule has 3 nitrogen and oxygen atoms in total. The lowest BCUT2D eigenvalue weighted by atomic mass is 9.36. The summed E-state index contributed by atoms with van der Waals surface area (Å²) in [5.74, 6) is 1.92. The highest BCUT2D eigenvalue weighted by atomic mass is 16.3. The lowest BCUT2D eigenvalue weighted by Gasteiger charge is -2.68. The van der Waals surface area contributed by atoms with E-state index in [4.69, 9.17) is 0 Å². The van der Waals surface area contributed by atoms with E-state index in [0.717, 1.165) is 25.7 Å². The van der Waals surface area contributed by atoms with E-state index in [0.29, 0.717) is 29.6 Å². The fourth-order valence-electron chi connectivity index (χ4n) is 9.56. The Bertz CT molecular complexity index is 868. The number of ketones is 1. The first-order chi connectivity index (χ1) is 15.2. The minimum absolute atomic E-state index is 0.193. The Labute approximate surface area is 202 Å². The molecule has 3 saturated carbocycles. The van der Waals surface area contributed by atoms with Crippen LogP contribution in [0.4, 0.5) is 0 Å². The van der Waals surface area contributed by atoms with Crippen LogP contribution < -0.4 is 0 Å². The molecule has 0 amide bonds. The smallest absolute Gasteiger partial charge is 0.138 e. The second-order valence-electron chi connectivity index (χ2n) is 13.6. The minimum atomic E-state index is -0.841. The van der Waals surface area contributed by atoms with Crippen molar-refractivity contribution in [2.45, 2.75) is 118 Å². The number of rotatable bonds is 5. The molecule has 0 heterocycles. The summed E-state index contributed by atoms with van der Waals surface area (Å²) in [5.41, 5.74) is 4.37. The summed E-state index contributed by atoms with van der Waals surface area (Å²) in [5, 5.41) is 20.9. The summed E-state index contributed by atoms with van der Waals surface area (Å²) in [6.07, 6.45) is 7.91. The van der Waals surface area contributed by atoms with Crippen molar-refractivity contribution in [1.29, 1.82) is 0 Å². The SMILES string of the molecule is C=C(C)C(O)C(O)CC(C)C1=C2CCC3C4(C)CCC(=O)C(C)(C)C4CCC3(C)C2(C)CC1. The van der Waals surface area contributed by atoms with Gasteiger partial charge in [-0.1, -0.05) is 59.3 Å². The zero-order valence-corrected chi connectivity index (χ0v) is 22.3. The highest BCUT2D eigenvalue weighted by Gasteiger charge is 2.66. The number of allylic oxidation sites excluding steroid dienone is 2. The summed E-state index contributed by atoms with van der Waals surface area (Å²) in [6.45, 7) is 19.9. The third-order valence-corrected chi connectivity index (χ3v) is 11.7. The lowest BCUT2D eigenvalue weighted by molar-refractivity contribution is -0.180. The number of carbonyl (C=O) groups is 1. The van der Waals surface area contributed by atoms with Gasteiger partial charge in [-0.15, -0.1) is 0 Å². The molecule has 186 valence electrons. The molecule has 0 aromatic heterocycles. The van der Waals surface area contributed by atoms with Crippen LogP contribution in [-0.4, -0.2) is 28.2 Å². The third-order valence-electron chi connectivity index (χ3n) is 11.7. The summed E-state index contributed by atoms with van der Waals surface area (Å²) in [4.78, 5) is 12.8. The van der Waals surface area contributed by atoms with Gasteiger partial charge >= 0.3 is 0 Å². The van der Waals surface area contributed by atoms with Crippen molar-refractivity contribution < 1.29 is 15.0 Å². The van der Waals surface area contributed by atoms with Gasteiger partial charge in [0.15, 0.2) is 0 Å². The molecular weight excluding hydrogens is 408 g/mol. The molecule has 8 atom stereocenters. The van der Waals surface area contributed by atoms with Crippen molar-refractivity contribution in [2.24, 2.45) is 39.4 Å². The molecule has 0 radical (unpaired) electrons. The average molecular weight is 457 g/mol. The monoisotopic (exact) mass is 456 g/mol. The molecule has 0 spiro atoms. The highest BCUT2D eigenvalue weighted by Crippen LogP contribution is 2.74. The van der Waals surface area contributed by atoms with Crippen LogP contribution in [-0.2, 0) is 4.79 Å². The zero-order valence-electron chi connectivity index (χ0n) is 22.3. The normalized spacial score (nSPS) is 42.8. The zero-order chi connectivity index (χ0) is 24.6. The van der Waals surface area contributed by atoms with Crippen LogP contribution in [0.2, 0.25) is 0 Å². The van der Waals surface area contributed by atoms with Crippen LogP contribution in [0.3, 0.4) is 0 Å². The number of carbonyl (C=O) groups excluding carboxylic acids is 1. The van der Waals surface area contributed by atoms with Gasteiger partial charge in [-0.3, -0.25) is 4.79 Å². The van der Waals surface area contributed by atoms with Crippen molar-refractivity contribution in [3.8, 4) is 0 Å². The fraction of sp³-hybridized carbons (Fsp3) is 0.833. The van der Waals surface area contributed by atoms with Crippen molar-refractivity contribution in [3.63, 3.8) is 0 Å². The molecule has 33 heavy (non-hydrogen) atoms. The molecule has 0 bridgehead atoms. The van der Waals surface area contributed by atoms with E-state index in [1.165, 1.54) is 25.7 Å². The number of aliphatic hydroxyl groups excluding tert-OH is 2. The van der Waals surface area contributed by atoms with Crippen LogP contribution in [0.15, 0.2) is 23.3 Å². The van der Waals surface area contributed by atoms with Gasteiger partial charge in [0.05, 0.1) is 6.10 Å². The van der Waals surface area contributed by atoms with Crippen molar-refractivity contribution in [1.82, 2.24) is 0 Å². The molecule has 0 saturated heterocycles. The summed E-state index contributed by atoms with van der Waals surface area (Å²) < 4.78 is 0. The molecule has 0 aliphatic heterocycles. The van der Waals surface area contributed by atoms with Crippen LogP contribution in [0.25, 0.3) is 0 Å². The summed E-state index contributed by atoms with van der Waals surface area (Å²) >= 11 is 0. The summed E-state index contributed by atoms with van der Waals surface area (Å²) in [7, 11) is 0. The van der Waals surface area contributed by atoms with Crippen molar-refractivity contribution in [2.75, 3.05) is 0 Å². The van der Waals surface area contributed by atoms with Crippen LogP contribution in [0, 0.1) is 39.4 Å². The minimum Gasteiger partial charge on any atom is -0.390 e. The molecular formula is C30H48O3. The molecule has 4 rings (SSSR count). The highest BCUT2D eigenvalue weighted by molar-refractivity contribution is 5.85. The van der Waals surface area contributed by atoms with Gasteiger partial charge in [-0.05, 0) is 97.9 Å². The Balaban J connectivity index is 1.64. The number of aliphatic hydroxyl groups is 2. The van der Waals surface area contributed by atoms with E-state index in [-0.39, 0.29) is 27.6 Å². The van der Waals surface area contributed by atoms with Gasteiger partial charge in [0.2, 0.25) is 0 Å². The Morgan fingerprint density at radius 3 is 2.30 bits per heavy atom. The van der Waals surface area contributed by atoms with Crippen LogP contribution >= 0.6 is 0 Å². The molecule has 0 aromatic carbocycles. The van der Waals surface area contributed by atoms with E-state index >= 15 is 0 Å². The molecule has 3 fully saturated rings. The van der Waals surface area contributed by atoms with Crippen LogP contribution in [0.1, 0.15) is 106 Å². The van der Waals surface area contributed by atoms with Crippen molar-refractivity contribution in [3.05, 3.63) is 23.3 Å². The molecule has 0 aromatic rings. The first-order valence-corrected chi connectivity index (χ1v) is 13.5. The predicted octanol–water partition coefficient (Wildman–Crippen LogP) is 6.63. The van der Waals surface area contributed by atoms with Gasteiger partial charge in [-0.2, -0.15) is 0 Å². The maximum atomic E-state index is 12.8. The van der Waals surface area contributed by atoms with E-state index < -0.39 is 12.2 Å². The Morgan fingerprint density at radius 2 is 1.67 bits per heavy atom. The quantitative estimate of drug-likeness (QED) is 0.457. The Hall–Kier alpha value is -0.930. The molecule has 4 aliphatic rings. The van der Waals surface area contributed by atoms with Gasteiger partial charge in [0, 0.05) is 11.8 Å². The Morgan fingerprint density at radius 1 is 1.00 bits per heavy atom. The number of hydrogen-bond donors (Lipinski definition) is 2. The van der Waals surface area contributed by atoms with E-state index in [9.17, 15) is 15.0 Å². The van der Waals surface area contributed by atoms with E-state index in [1.807, 2.05) is 0 Å². The number of fused-ring (bicyclic) bond motifs is 5. The van der Waals surface area contributed by atoms with Gasteiger partial charge in [-0.25, -0.2) is 0 Å². The number of hydrogen-bond acceptors (Lipinski definition) is 3. The van der Waals surface area contributed by atoms with Gasteiger partial charge in [0.1, 0.15) is 11.9 Å². The second-order valence-corrected chi connectivity index (χ2v) is 13.6. The number of Topliss-reactive ketones (excluding diaryl/α,β-unsaturated/α-hetero) is 1. The lowest BCUT2D eigenvalue weighted by Crippen LogP contribution is -2.62. The molecule has 2 N–H and O–H groups in total. The molecule has 3 heteroatoms. The Kier molecular flexibility index (Phi) is 6.14. The first-order valence-electron chi connectivity index (χ1n) is 13.5. The maximum absolute atomic E-state index is 12.8. The largest absolute Gasteiger partial charge is 0.390 e. The second kappa shape index (κ2) is 8.05. The van der Waals surface area contributed by atoms with Gasteiger partial charge < -0.3 is 10.2 Å². The van der Waals surface area contributed by atoms with Gasteiger partial charge in [0.25, 0.3) is 0 Å². The molecule has 4 aliphatic carbocycles. The average Bonchev–Trinajstić information content (AvgIpc) is 3.09. The topological polar surface area (TPSA) is 57.5 Å². The fourth-order valence-corrected chi connectivity index (χ4v) is 9.56. The van der Waals surface area contributed by atoms with Crippen LogP contribution in [0.5, 0.6) is 0 Å².